The third-order valence-corrected chi connectivity index (χ3v) is 3.00. The largest absolute Gasteiger partial charge is 0.444 e. The lowest BCUT2D eigenvalue weighted by molar-refractivity contribution is 0.0518. The number of rotatable bonds is 4. The van der Waals surface area contributed by atoms with Gasteiger partial charge in [-0.3, -0.25) is 0 Å². The van der Waals surface area contributed by atoms with Crippen molar-refractivity contribution in [3.8, 4) is 0 Å². The standard InChI is InChI=1S/C13H27NO2/c1-10(2)13(6,7)8-9-14-11(15)16-12(3,4)5/h10H,8-9H2,1-7H3,(H,14,15). The minimum Gasteiger partial charge on any atom is -0.444 e. The molecule has 0 spiro atoms. The summed E-state index contributed by atoms with van der Waals surface area (Å²) in [6.45, 7) is 15.1. The van der Waals surface area contributed by atoms with E-state index in [-0.39, 0.29) is 11.5 Å². The molecule has 0 saturated carbocycles. The summed E-state index contributed by atoms with van der Waals surface area (Å²) in [5.74, 6) is 0.605. The number of carbonyl (C=O) groups is 1. The number of nitrogens with one attached hydrogen (secondary N) is 1. The number of hydrogen-bond acceptors (Lipinski definition) is 2. The molecule has 0 saturated heterocycles. The summed E-state index contributed by atoms with van der Waals surface area (Å²) in [4.78, 5) is 11.4. The van der Waals surface area contributed by atoms with Crippen LogP contribution in [0.5, 0.6) is 0 Å². The molecule has 0 aromatic heterocycles. The van der Waals surface area contributed by atoms with Gasteiger partial charge in [0.2, 0.25) is 0 Å². The van der Waals surface area contributed by atoms with Crippen molar-refractivity contribution >= 4 is 6.09 Å². The van der Waals surface area contributed by atoms with Gasteiger partial charge in [-0.05, 0) is 38.5 Å². The van der Waals surface area contributed by atoms with E-state index in [1.807, 2.05) is 20.8 Å². The second-order valence-corrected chi connectivity index (χ2v) is 6.32. The second kappa shape index (κ2) is 5.55. The molecule has 0 unspecified atom stereocenters. The lowest BCUT2D eigenvalue weighted by atomic mass is 9.78. The monoisotopic (exact) mass is 229 g/mol. The maximum absolute atomic E-state index is 11.4. The zero-order chi connectivity index (χ0) is 13.0. The fourth-order valence-electron chi connectivity index (χ4n) is 1.09. The summed E-state index contributed by atoms with van der Waals surface area (Å²) in [5, 5.41) is 2.79. The van der Waals surface area contributed by atoms with Crippen LogP contribution >= 0.6 is 0 Å². The molecule has 0 aromatic rings. The number of carbonyl (C=O) groups excluding carboxylic acids is 1. The zero-order valence-electron chi connectivity index (χ0n) is 11.8. The number of ether oxygens (including phenoxy) is 1. The Morgan fingerprint density at radius 1 is 1.19 bits per heavy atom. The molecule has 16 heavy (non-hydrogen) atoms. The van der Waals surface area contributed by atoms with Gasteiger partial charge < -0.3 is 10.1 Å². The molecule has 1 N–H and O–H groups in total. The van der Waals surface area contributed by atoms with E-state index in [9.17, 15) is 4.79 Å². The minimum atomic E-state index is -0.419. The van der Waals surface area contributed by atoms with Crippen LogP contribution < -0.4 is 5.32 Å². The van der Waals surface area contributed by atoms with Crippen molar-refractivity contribution in [2.75, 3.05) is 6.54 Å². The molecule has 0 bridgehead atoms. The lowest BCUT2D eigenvalue weighted by Gasteiger charge is -2.29. The predicted octanol–water partition coefficient (Wildman–Crippen LogP) is 3.58. The minimum absolute atomic E-state index is 0.245. The van der Waals surface area contributed by atoms with Crippen molar-refractivity contribution in [3.05, 3.63) is 0 Å². The first kappa shape index (κ1) is 15.3. The van der Waals surface area contributed by atoms with Crippen molar-refractivity contribution in [1.29, 1.82) is 0 Å². The normalized spacial score (nSPS) is 12.8. The molecule has 0 aliphatic heterocycles. The Kier molecular flexibility index (Phi) is 5.30. The highest BCUT2D eigenvalue weighted by Gasteiger charge is 2.22. The van der Waals surface area contributed by atoms with Crippen molar-refractivity contribution in [2.24, 2.45) is 11.3 Å². The van der Waals surface area contributed by atoms with Gasteiger partial charge in [0.15, 0.2) is 0 Å². The maximum atomic E-state index is 11.4. The molecule has 0 aliphatic carbocycles. The van der Waals surface area contributed by atoms with E-state index in [1.54, 1.807) is 0 Å². The predicted molar refractivity (Wildman–Crippen MR) is 67.5 cm³/mol. The summed E-state index contributed by atoms with van der Waals surface area (Å²) in [6, 6.07) is 0. The van der Waals surface area contributed by atoms with Gasteiger partial charge in [-0.25, -0.2) is 4.79 Å². The molecule has 1 amide bonds. The van der Waals surface area contributed by atoms with E-state index >= 15 is 0 Å². The lowest BCUT2D eigenvalue weighted by Crippen LogP contribution is -2.35. The Morgan fingerprint density at radius 2 is 1.69 bits per heavy atom. The number of alkyl carbamates (subject to hydrolysis) is 1. The Morgan fingerprint density at radius 3 is 2.06 bits per heavy atom. The first-order chi connectivity index (χ1) is 7.04. The summed E-state index contributed by atoms with van der Waals surface area (Å²) in [6.07, 6.45) is 0.635. The van der Waals surface area contributed by atoms with Crippen LogP contribution in [0, 0.1) is 11.3 Å². The van der Waals surface area contributed by atoms with Crippen molar-refractivity contribution in [1.82, 2.24) is 5.32 Å². The van der Waals surface area contributed by atoms with Gasteiger partial charge in [0.05, 0.1) is 0 Å². The van der Waals surface area contributed by atoms with Crippen LogP contribution in [0.3, 0.4) is 0 Å². The van der Waals surface area contributed by atoms with Crippen LogP contribution in [0.25, 0.3) is 0 Å². The topological polar surface area (TPSA) is 38.3 Å². The molecule has 3 heteroatoms. The molecule has 0 rings (SSSR count). The van der Waals surface area contributed by atoms with Crippen LogP contribution in [0.2, 0.25) is 0 Å². The molecular formula is C13H27NO2. The van der Waals surface area contributed by atoms with E-state index in [4.69, 9.17) is 4.74 Å². The molecule has 0 radical (unpaired) electrons. The molecule has 0 aliphatic rings. The van der Waals surface area contributed by atoms with Gasteiger partial charge in [0.1, 0.15) is 5.60 Å². The maximum Gasteiger partial charge on any atom is 0.407 e. The molecule has 3 nitrogen and oxygen atoms in total. The summed E-state index contributed by atoms with van der Waals surface area (Å²) in [7, 11) is 0. The third-order valence-electron chi connectivity index (χ3n) is 3.00. The van der Waals surface area contributed by atoms with E-state index in [0.717, 1.165) is 6.42 Å². The zero-order valence-corrected chi connectivity index (χ0v) is 11.8. The molecule has 0 heterocycles. The van der Waals surface area contributed by atoms with Crippen LogP contribution in [0.15, 0.2) is 0 Å². The van der Waals surface area contributed by atoms with Crippen molar-refractivity contribution in [3.63, 3.8) is 0 Å². The van der Waals surface area contributed by atoms with Crippen LogP contribution in [0.4, 0.5) is 4.79 Å². The second-order valence-electron chi connectivity index (χ2n) is 6.32. The molecular weight excluding hydrogens is 202 g/mol. The Balaban J connectivity index is 3.87. The average molecular weight is 229 g/mol. The fourth-order valence-corrected chi connectivity index (χ4v) is 1.09. The first-order valence-corrected chi connectivity index (χ1v) is 6.01. The van der Waals surface area contributed by atoms with Gasteiger partial charge >= 0.3 is 6.09 Å². The van der Waals surface area contributed by atoms with E-state index in [2.05, 4.69) is 33.0 Å². The van der Waals surface area contributed by atoms with Gasteiger partial charge in [-0.2, -0.15) is 0 Å². The van der Waals surface area contributed by atoms with Crippen molar-refractivity contribution in [2.45, 2.75) is 60.5 Å². The highest BCUT2D eigenvalue weighted by molar-refractivity contribution is 5.67. The third kappa shape index (κ3) is 6.70. The van der Waals surface area contributed by atoms with Gasteiger partial charge in [0, 0.05) is 6.54 Å². The average Bonchev–Trinajstić information content (AvgIpc) is 1.99. The Hall–Kier alpha value is -0.730. The smallest absolute Gasteiger partial charge is 0.407 e. The van der Waals surface area contributed by atoms with Gasteiger partial charge in [-0.15, -0.1) is 0 Å². The van der Waals surface area contributed by atoms with Gasteiger partial charge in [-0.1, -0.05) is 27.7 Å². The van der Waals surface area contributed by atoms with E-state index < -0.39 is 5.60 Å². The Bertz CT molecular complexity index is 227. The van der Waals surface area contributed by atoms with E-state index in [0.29, 0.717) is 12.5 Å². The van der Waals surface area contributed by atoms with Crippen LogP contribution in [-0.4, -0.2) is 18.2 Å². The highest BCUT2D eigenvalue weighted by atomic mass is 16.6. The quantitative estimate of drug-likeness (QED) is 0.800. The molecule has 0 aromatic carbocycles. The highest BCUT2D eigenvalue weighted by Crippen LogP contribution is 2.29. The number of amides is 1. The number of hydrogen-bond donors (Lipinski definition) is 1. The van der Waals surface area contributed by atoms with E-state index in [1.165, 1.54) is 0 Å². The van der Waals surface area contributed by atoms with Crippen LogP contribution in [0.1, 0.15) is 54.9 Å². The SMILES string of the molecule is CC(C)C(C)(C)CCNC(=O)OC(C)(C)C. The summed E-state index contributed by atoms with van der Waals surface area (Å²) >= 11 is 0. The molecule has 0 fully saturated rings. The first-order valence-electron chi connectivity index (χ1n) is 6.01. The molecule has 96 valence electrons. The Labute approximate surface area is 99.9 Å². The van der Waals surface area contributed by atoms with Crippen LogP contribution in [-0.2, 0) is 4.74 Å². The fraction of sp³-hybridized carbons (Fsp3) is 0.923. The van der Waals surface area contributed by atoms with Crippen molar-refractivity contribution < 1.29 is 9.53 Å². The summed E-state index contributed by atoms with van der Waals surface area (Å²) in [5.41, 5.74) is -0.174. The summed E-state index contributed by atoms with van der Waals surface area (Å²) < 4.78 is 5.16. The molecule has 0 atom stereocenters. The van der Waals surface area contributed by atoms with Gasteiger partial charge in [0.25, 0.3) is 0 Å².